The molecule has 9 heteroatoms. The van der Waals surface area contributed by atoms with Gasteiger partial charge in [0.1, 0.15) is 10.5 Å². The van der Waals surface area contributed by atoms with Crippen molar-refractivity contribution >= 4 is 17.3 Å². The maximum absolute atomic E-state index is 11.9. The van der Waals surface area contributed by atoms with Crippen LogP contribution in [-0.2, 0) is 11.3 Å². The van der Waals surface area contributed by atoms with E-state index in [0.29, 0.717) is 11.4 Å². The standard InChI is InChI=1S/C10H14N6O2S/c1-10(2,6-14-16-12)18-9(17)8-4-3-7(19-8)5-13-15-11/h3-4H,5-6H2,1-2H3,(H2,11,13). The number of hydrogen-bond donors (Lipinski definition) is 1. The van der Waals surface area contributed by atoms with Gasteiger partial charge < -0.3 is 10.6 Å². The number of nitrogens with two attached hydrogens (primary N) is 1. The zero-order chi connectivity index (χ0) is 14.3. The predicted molar refractivity (Wildman–Crippen MR) is 70.6 cm³/mol. The zero-order valence-electron chi connectivity index (χ0n) is 10.6. The van der Waals surface area contributed by atoms with Gasteiger partial charge in [-0.15, -0.1) is 11.3 Å². The summed E-state index contributed by atoms with van der Waals surface area (Å²) in [5.74, 6) is 4.45. The summed E-state index contributed by atoms with van der Waals surface area (Å²) in [5, 5.41) is 10.2. The van der Waals surface area contributed by atoms with Gasteiger partial charge in [-0.05, 0) is 31.5 Å². The molecule has 8 nitrogen and oxygen atoms in total. The summed E-state index contributed by atoms with van der Waals surface area (Å²) in [5.41, 5.74) is 7.41. The first-order valence-electron chi connectivity index (χ1n) is 5.38. The Bertz CT molecular complexity index is 518. The van der Waals surface area contributed by atoms with E-state index in [4.69, 9.17) is 16.1 Å². The molecule has 0 aliphatic carbocycles. The number of ether oxygens (including phenoxy) is 1. The molecule has 0 aliphatic rings. The lowest BCUT2D eigenvalue weighted by molar-refractivity contribution is 0.00355. The van der Waals surface area contributed by atoms with E-state index in [1.165, 1.54) is 11.3 Å². The smallest absolute Gasteiger partial charge is 0.348 e. The van der Waals surface area contributed by atoms with Gasteiger partial charge in [-0.3, -0.25) is 0 Å². The third kappa shape index (κ3) is 4.94. The second kappa shape index (κ2) is 6.72. The molecule has 0 saturated heterocycles. The molecule has 0 bridgehead atoms. The first kappa shape index (κ1) is 14.9. The Morgan fingerprint density at radius 2 is 2.32 bits per heavy atom. The number of thiophene rings is 1. The Kier molecular flexibility index (Phi) is 5.28. The largest absolute Gasteiger partial charge is 0.455 e. The van der Waals surface area contributed by atoms with Gasteiger partial charge in [0, 0.05) is 9.79 Å². The Hall–Kier alpha value is -2.12. The van der Waals surface area contributed by atoms with Crippen LogP contribution < -0.4 is 5.84 Å². The molecule has 1 rings (SSSR count). The summed E-state index contributed by atoms with van der Waals surface area (Å²) in [7, 11) is 0. The fourth-order valence-electron chi connectivity index (χ4n) is 1.22. The highest BCUT2D eigenvalue weighted by atomic mass is 32.1. The normalized spacial score (nSPS) is 11.3. The zero-order valence-corrected chi connectivity index (χ0v) is 11.4. The van der Waals surface area contributed by atoms with E-state index in [1.54, 1.807) is 26.0 Å². The molecule has 0 aromatic carbocycles. The topological polar surface area (TPSA) is 126 Å². The van der Waals surface area contributed by atoms with Gasteiger partial charge in [-0.2, -0.15) is 5.11 Å². The molecule has 2 N–H and O–H groups in total. The van der Waals surface area contributed by atoms with Gasteiger partial charge in [0.2, 0.25) is 0 Å². The number of azide groups is 1. The summed E-state index contributed by atoms with van der Waals surface area (Å²) in [6, 6.07) is 3.41. The van der Waals surface area contributed by atoms with Crippen LogP contribution in [0.4, 0.5) is 0 Å². The van der Waals surface area contributed by atoms with Gasteiger partial charge in [-0.1, -0.05) is 10.3 Å². The number of carbonyl (C=O) groups is 1. The van der Waals surface area contributed by atoms with E-state index in [1.807, 2.05) is 0 Å². The van der Waals surface area contributed by atoms with Crippen LogP contribution in [0.2, 0.25) is 0 Å². The molecule has 0 spiro atoms. The average Bonchev–Trinajstić information content (AvgIpc) is 2.82. The van der Waals surface area contributed by atoms with Crippen LogP contribution in [0.5, 0.6) is 0 Å². The van der Waals surface area contributed by atoms with Crippen molar-refractivity contribution in [2.75, 3.05) is 6.54 Å². The highest BCUT2D eigenvalue weighted by Gasteiger charge is 2.23. The van der Waals surface area contributed by atoms with E-state index in [2.05, 4.69) is 20.4 Å². The van der Waals surface area contributed by atoms with Crippen molar-refractivity contribution in [3.8, 4) is 0 Å². The third-order valence-corrected chi connectivity index (χ3v) is 3.10. The second-order valence-corrected chi connectivity index (χ2v) is 5.39. The third-order valence-electron chi connectivity index (χ3n) is 2.05. The van der Waals surface area contributed by atoms with Crippen molar-refractivity contribution in [3.63, 3.8) is 0 Å². The number of nitrogens with zero attached hydrogens (tertiary/aromatic N) is 5. The lowest BCUT2D eigenvalue weighted by Gasteiger charge is -2.22. The lowest BCUT2D eigenvalue weighted by Crippen LogP contribution is -2.30. The minimum atomic E-state index is -0.843. The highest BCUT2D eigenvalue weighted by Crippen LogP contribution is 2.21. The van der Waals surface area contributed by atoms with E-state index in [9.17, 15) is 4.79 Å². The summed E-state index contributed by atoms with van der Waals surface area (Å²) in [6.07, 6.45) is 0. The molecule has 0 saturated carbocycles. The van der Waals surface area contributed by atoms with E-state index >= 15 is 0 Å². The van der Waals surface area contributed by atoms with Gasteiger partial charge in [0.25, 0.3) is 0 Å². The van der Waals surface area contributed by atoms with E-state index < -0.39 is 11.6 Å². The van der Waals surface area contributed by atoms with Crippen molar-refractivity contribution in [1.29, 1.82) is 0 Å². The van der Waals surface area contributed by atoms with Crippen LogP contribution in [0.3, 0.4) is 0 Å². The predicted octanol–water partition coefficient (Wildman–Crippen LogP) is 2.82. The average molecular weight is 282 g/mol. The van der Waals surface area contributed by atoms with Crippen molar-refractivity contribution in [2.45, 2.75) is 26.0 Å². The maximum Gasteiger partial charge on any atom is 0.348 e. The minimum Gasteiger partial charge on any atom is -0.455 e. The van der Waals surface area contributed by atoms with Gasteiger partial charge in [-0.25, -0.2) is 4.79 Å². The second-order valence-electron chi connectivity index (χ2n) is 4.22. The van der Waals surface area contributed by atoms with E-state index in [0.717, 1.165) is 4.88 Å². The van der Waals surface area contributed by atoms with Crippen LogP contribution in [0.1, 0.15) is 28.4 Å². The van der Waals surface area contributed by atoms with Crippen molar-refractivity contribution in [1.82, 2.24) is 0 Å². The van der Waals surface area contributed by atoms with Crippen LogP contribution in [0.15, 0.2) is 27.6 Å². The first-order valence-corrected chi connectivity index (χ1v) is 6.20. The van der Waals surface area contributed by atoms with Gasteiger partial charge in [0.05, 0.1) is 13.1 Å². The Morgan fingerprint density at radius 1 is 1.58 bits per heavy atom. The first-order chi connectivity index (χ1) is 8.98. The molecule has 0 amide bonds. The molecule has 1 aromatic rings. The molecule has 0 radical (unpaired) electrons. The Morgan fingerprint density at radius 3 is 2.95 bits per heavy atom. The van der Waals surface area contributed by atoms with E-state index in [-0.39, 0.29) is 6.54 Å². The Balaban J connectivity index is 2.67. The number of carbonyl (C=O) groups excluding carboxylic acids is 1. The highest BCUT2D eigenvalue weighted by molar-refractivity contribution is 7.13. The maximum atomic E-state index is 11.9. The van der Waals surface area contributed by atoms with Crippen LogP contribution in [-0.4, -0.2) is 18.1 Å². The molecule has 19 heavy (non-hydrogen) atoms. The van der Waals surface area contributed by atoms with Gasteiger partial charge in [0.15, 0.2) is 0 Å². The molecule has 102 valence electrons. The van der Waals surface area contributed by atoms with Crippen LogP contribution in [0, 0.1) is 0 Å². The molecule has 0 unspecified atom stereocenters. The van der Waals surface area contributed by atoms with Gasteiger partial charge >= 0.3 is 5.97 Å². The summed E-state index contributed by atoms with van der Waals surface area (Å²) in [6.45, 7) is 3.76. The van der Waals surface area contributed by atoms with Crippen molar-refractivity contribution in [3.05, 3.63) is 32.3 Å². The molecule has 1 aromatic heterocycles. The monoisotopic (exact) mass is 282 g/mol. The fraction of sp³-hybridized carbons (Fsp3) is 0.500. The fourth-order valence-corrected chi connectivity index (χ4v) is 2.02. The Labute approximate surface area is 113 Å². The van der Waals surface area contributed by atoms with Crippen LogP contribution >= 0.6 is 11.3 Å². The van der Waals surface area contributed by atoms with Crippen LogP contribution in [0.25, 0.3) is 10.4 Å². The molecular weight excluding hydrogens is 268 g/mol. The summed E-state index contributed by atoms with van der Waals surface area (Å²) >= 11 is 1.26. The van der Waals surface area contributed by atoms with Crippen molar-refractivity contribution < 1.29 is 9.53 Å². The molecular formula is C10H14N6O2S. The number of rotatable bonds is 6. The molecule has 0 fully saturated rings. The number of esters is 1. The lowest BCUT2D eigenvalue weighted by atomic mass is 10.1. The summed E-state index contributed by atoms with van der Waals surface area (Å²) in [4.78, 5) is 15.8. The molecule has 1 heterocycles. The SMILES string of the molecule is CC(C)(CN=[N+]=[N-])OC(=O)c1ccc(CN=NN)s1. The summed E-state index contributed by atoms with van der Waals surface area (Å²) < 4.78 is 5.27. The minimum absolute atomic E-state index is 0.0782. The molecule has 0 aliphatic heterocycles. The quantitative estimate of drug-likeness (QED) is 0.215. The number of hydrogen-bond acceptors (Lipinski definition) is 6. The van der Waals surface area contributed by atoms with Crippen molar-refractivity contribution in [2.24, 2.45) is 21.3 Å². The molecule has 0 atom stereocenters.